The van der Waals surface area contributed by atoms with Crippen molar-refractivity contribution in [1.29, 1.82) is 0 Å². The van der Waals surface area contributed by atoms with E-state index < -0.39 is 0 Å². The first-order valence-electron chi connectivity index (χ1n) is 11.1. The van der Waals surface area contributed by atoms with Gasteiger partial charge in [0.05, 0.1) is 35.0 Å². The average Bonchev–Trinajstić information content (AvgIpc) is 3.56. The first kappa shape index (κ1) is 17.0. The van der Waals surface area contributed by atoms with Gasteiger partial charge in [0.25, 0.3) is 0 Å². The quantitative estimate of drug-likeness (QED) is 0.563. The molecule has 2 aliphatic heterocycles. The van der Waals surface area contributed by atoms with Gasteiger partial charge in [-0.2, -0.15) is 0 Å². The second kappa shape index (κ2) is 5.48. The first-order valence-corrected chi connectivity index (χ1v) is 11.1. The van der Waals surface area contributed by atoms with Crippen molar-refractivity contribution >= 4 is 35.0 Å². The lowest BCUT2D eigenvalue weighted by atomic mass is 9.81. The summed E-state index contributed by atoms with van der Waals surface area (Å²) in [5, 5.41) is 0. The van der Waals surface area contributed by atoms with Crippen molar-refractivity contribution in [3.63, 3.8) is 0 Å². The van der Waals surface area contributed by atoms with E-state index in [2.05, 4.69) is 12.2 Å². The summed E-state index contributed by atoms with van der Waals surface area (Å²) in [6.07, 6.45) is 8.18. The van der Waals surface area contributed by atoms with Gasteiger partial charge >= 0.3 is 0 Å². The number of hydrogen-bond donors (Lipinski definition) is 0. The fourth-order valence-electron chi connectivity index (χ4n) is 7.57. The first-order chi connectivity index (χ1) is 14.5. The van der Waals surface area contributed by atoms with Crippen LogP contribution in [0.25, 0.3) is 0 Å². The molecule has 152 valence electrons. The number of allylic oxidation sites excluding steroid dienone is 2. The van der Waals surface area contributed by atoms with Crippen LogP contribution in [0, 0.1) is 47.3 Å². The summed E-state index contributed by atoms with van der Waals surface area (Å²) in [5.41, 5.74) is 1.07. The van der Waals surface area contributed by atoms with Crippen LogP contribution in [0.5, 0.6) is 0 Å². The molecule has 6 heteroatoms. The van der Waals surface area contributed by atoms with Gasteiger partial charge in [0.15, 0.2) is 0 Å². The largest absolute Gasteiger partial charge is 0.274 e. The predicted octanol–water partition coefficient (Wildman–Crippen LogP) is 2.53. The topological polar surface area (TPSA) is 74.8 Å². The number of hydrogen-bond acceptors (Lipinski definition) is 4. The summed E-state index contributed by atoms with van der Waals surface area (Å²) in [7, 11) is 0. The molecule has 0 N–H and O–H groups in total. The van der Waals surface area contributed by atoms with E-state index in [1.165, 1.54) is 9.80 Å². The summed E-state index contributed by atoms with van der Waals surface area (Å²) >= 11 is 0. The number of carbonyl (C=O) groups excluding carboxylic acids is 4. The SMILES string of the molecule is O=C1[C@@H]2[C@H](C(=O)N1c1ccc(N3C(=O)[C@H]4[C@H]5CC[C@@H](C5)[C@@H]4C3=O)cc1)[C@H]1C=C[C@H]2C1. The van der Waals surface area contributed by atoms with Crippen molar-refractivity contribution < 1.29 is 19.2 Å². The molecule has 4 aliphatic carbocycles. The van der Waals surface area contributed by atoms with E-state index in [1.54, 1.807) is 24.3 Å². The third kappa shape index (κ3) is 1.86. The molecule has 30 heavy (non-hydrogen) atoms. The van der Waals surface area contributed by atoms with E-state index in [1.807, 2.05) is 0 Å². The number of anilines is 2. The van der Waals surface area contributed by atoms with Crippen LogP contribution in [0.3, 0.4) is 0 Å². The lowest BCUT2D eigenvalue weighted by Crippen LogP contribution is -2.34. The number of rotatable bonds is 2. The second-order valence-electron chi connectivity index (χ2n) is 9.92. The highest BCUT2D eigenvalue weighted by Gasteiger charge is 2.61. The Morgan fingerprint density at radius 3 is 1.40 bits per heavy atom. The zero-order chi connectivity index (χ0) is 20.3. The van der Waals surface area contributed by atoms with Gasteiger partial charge < -0.3 is 0 Å². The third-order valence-electron chi connectivity index (χ3n) is 8.76. The number of imide groups is 2. The molecule has 7 rings (SSSR count). The third-order valence-corrected chi connectivity index (χ3v) is 8.76. The highest BCUT2D eigenvalue weighted by Crippen LogP contribution is 2.57. The molecule has 0 unspecified atom stereocenters. The maximum atomic E-state index is 13.0. The van der Waals surface area contributed by atoms with Crippen molar-refractivity contribution in [1.82, 2.24) is 0 Å². The summed E-state index contributed by atoms with van der Waals surface area (Å²) in [6, 6.07) is 6.81. The lowest BCUT2D eigenvalue weighted by Gasteiger charge is -2.20. The molecule has 1 aromatic rings. The number of benzene rings is 1. The standard InChI is InChI=1S/C24H22N2O4/c27-21-17-11-1-2-12(9-11)18(17)22(28)25(21)15-5-7-16(8-6-15)26-23(29)19-13-3-4-14(10-13)20(19)24(26)30/h1-2,5-8,11-14,17-20H,3-4,9-10H2/t11-,12-,13-,14-,17-,18+,19-,20-/m0/s1. The van der Waals surface area contributed by atoms with Crippen LogP contribution in [0.2, 0.25) is 0 Å². The molecule has 1 aromatic carbocycles. The van der Waals surface area contributed by atoms with Crippen molar-refractivity contribution in [2.24, 2.45) is 47.3 Å². The van der Waals surface area contributed by atoms with Crippen LogP contribution < -0.4 is 9.80 Å². The number of nitrogens with zero attached hydrogens (tertiary/aromatic N) is 2. The van der Waals surface area contributed by atoms with Crippen LogP contribution in [0.15, 0.2) is 36.4 Å². The molecule has 0 radical (unpaired) electrons. The van der Waals surface area contributed by atoms with Gasteiger partial charge in [-0.1, -0.05) is 12.2 Å². The molecule has 5 fully saturated rings. The van der Waals surface area contributed by atoms with Crippen LogP contribution in [-0.2, 0) is 19.2 Å². The van der Waals surface area contributed by atoms with Crippen molar-refractivity contribution in [2.45, 2.75) is 25.7 Å². The van der Waals surface area contributed by atoms with Crippen molar-refractivity contribution in [3.8, 4) is 0 Å². The van der Waals surface area contributed by atoms with E-state index in [0.29, 0.717) is 23.2 Å². The Balaban J connectivity index is 1.18. The minimum Gasteiger partial charge on any atom is -0.274 e. The molecule has 6 nitrogen and oxygen atoms in total. The molecule has 2 saturated heterocycles. The Morgan fingerprint density at radius 2 is 0.967 bits per heavy atom. The second-order valence-corrected chi connectivity index (χ2v) is 9.92. The minimum atomic E-state index is -0.233. The Morgan fingerprint density at radius 1 is 0.567 bits per heavy atom. The molecule has 0 aromatic heterocycles. The van der Waals surface area contributed by atoms with Gasteiger partial charge in [-0.15, -0.1) is 0 Å². The molecule has 0 spiro atoms. The highest BCUT2D eigenvalue weighted by atomic mass is 16.2. The maximum absolute atomic E-state index is 13.0. The summed E-state index contributed by atoms with van der Waals surface area (Å²) in [5.74, 6) is -0.0971. The van der Waals surface area contributed by atoms with E-state index >= 15 is 0 Å². The average molecular weight is 402 g/mol. The lowest BCUT2D eigenvalue weighted by molar-refractivity contribution is -0.124. The van der Waals surface area contributed by atoms with Gasteiger partial charge in [0.1, 0.15) is 0 Å². The molecule has 4 amide bonds. The smallest absolute Gasteiger partial charge is 0.238 e. The van der Waals surface area contributed by atoms with Crippen LogP contribution in [0.1, 0.15) is 25.7 Å². The van der Waals surface area contributed by atoms with Gasteiger partial charge in [-0.25, -0.2) is 0 Å². The van der Waals surface area contributed by atoms with E-state index in [0.717, 1.165) is 25.7 Å². The van der Waals surface area contributed by atoms with Crippen LogP contribution >= 0.6 is 0 Å². The van der Waals surface area contributed by atoms with E-state index in [-0.39, 0.29) is 59.1 Å². The van der Waals surface area contributed by atoms with Gasteiger partial charge in [0.2, 0.25) is 23.6 Å². The minimum absolute atomic E-state index is 0.0737. The Labute approximate surface area is 173 Å². The van der Waals surface area contributed by atoms with Gasteiger partial charge in [0, 0.05) is 0 Å². The van der Waals surface area contributed by atoms with Gasteiger partial charge in [-0.05, 0) is 73.6 Å². The van der Waals surface area contributed by atoms with Gasteiger partial charge in [-0.3, -0.25) is 29.0 Å². The summed E-state index contributed by atoms with van der Waals surface area (Å²) < 4.78 is 0. The molecule has 8 atom stereocenters. The van der Waals surface area contributed by atoms with Crippen molar-refractivity contribution in [2.75, 3.05) is 9.80 Å². The van der Waals surface area contributed by atoms with Crippen LogP contribution in [0.4, 0.5) is 11.4 Å². The molecular formula is C24H22N2O4. The monoisotopic (exact) mass is 402 g/mol. The summed E-state index contributed by atoms with van der Waals surface area (Å²) in [6.45, 7) is 0. The van der Waals surface area contributed by atoms with Crippen LogP contribution in [-0.4, -0.2) is 23.6 Å². The normalized spacial score (nSPS) is 42.8. The predicted molar refractivity (Wildman–Crippen MR) is 107 cm³/mol. The zero-order valence-electron chi connectivity index (χ0n) is 16.4. The number of amides is 4. The van der Waals surface area contributed by atoms with Crippen molar-refractivity contribution in [3.05, 3.63) is 36.4 Å². The molecule has 2 heterocycles. The molecule has 6 aliphatic rings. The molecule has 3 saturated carbocycles. The summed E-state index contributed by atoms with van der Waals surface area (Å²) in [4.78, 5) is 54.7. The highest BCUT2D eigenvalue weighted by molar-refractivity contribution is 6.24. The maximum Gasteiger partial charge on any atom is 0.238 e. The number of carbonyl (C=O) groups is 4. The number of fused-ring (bicyclic) bond motifs is 10. The Bertz CT molecular complexity index is 980. The Kier molecular flexibility index (Phi) is 3.10. The zero-order valence-corrected chi connectivity index (χ0v) is 16.4. The molecule has 4 bridgehead atoms. The molecular weight excluding hydrogens is 380 g/mol. The fraction of sp³-hybridized carbons (Fsp3) is 0.500. The Hall–Kier alpha value is -2.76. The van der Waals surface area contributed by atoms with E-state index in [4.69, 9.17) is 0 Å². The van der Waals surface area contributed by atoms with E-state index in [9.17, 15) is 19.2 Å². The fourth-order valence-corrected chi connectivity index (χ4v) is 7.57.